The Balaban J connectivity index is 1.90. The fourth-order valence-electron chi connectivity index (χ4n) is 3.52. The third kappa shape index (κ3) is 2.57. The van der Waals surface area contributed by atoms with E-state index in [4.69, 9.17) is 0 Å². The van der Waals surface area contributed by atoms with E-state index >= 15 is 0 Å². The summed E-state index contributed by atoms with van der Waals surface area (Å²) in [6.45, 7) is 2.56. The zero-order valence-corrected chi connectivity index (χ0v) is 13.5. The monoisotopic (exact) mass is 351 g/mol. The standard InChI is InChI=1S/C15H18BrN3O2/c1-10-3-2-4-15(6-10)13(20)18-14(21)19(15)9-11-5-12(16)8-17-7-11/h5,7-8,10H,2-4,6,9H2,1H3,(H,18,20,21). The van der Waals surface area contributed by atoms with Crippen LogP contribution in [0.5, 0.6) is 0 Å². The molecule has 1 saturated carbocycles. The zero-order chi connectivity index (χ0) is 15.0. The molecule has 0 aromatic carbocycles. The molecule has 2 aliphatic rings. The summed E-state index contributed by atoms with van der Waals surface area (Å²) >= 11 is 3.39. The molecule has 3 amide bonds. The summed E-state index contributed by atoms with van der Waals surface area (Å²) in [7, 11) is 0. The van der Waals surface area contributed by atoms with E-state index in [0.717, 1.165) is 35.7 Å². The van der Waals surface area contributed by atoms with Crippen LogP contribution in [-0.2, 0) is 11.3 Å². The zero-order valence-electron chi connectivity index (χ0n) is 11.9. The summed E-state index contributed by atoms with van der Waals surface area (Å²) in [5.74, 6) is 0.320. The number of nitrogens with one attached hydrogen (secondary N) is 1. The van der Waals surface area contributed by atoms with Crippen LogP contribution in [0.2, 0.25) is 0 Å². The Bertz CT molecular complexity index is 592. The minimum atomic E-state index is -0.670. The van der Waals surface area contributed by atoms with Crippen LogP contribution in [0, 0.1) is 5.92 Å². The second-order valence-corrected chi connectivity index (χ2v) is 7.01. The lowest BCUT2D eigenvalue weighted by Gasteiger charge is -2.40. The molecule has 1 saturated heterocycles. The van der Waals surface area contributed by atoms with Crippen LogP contribution in [0.3, 0.4) is 0 Å². The van der Waals surface area contributed by atoms with Crippen molar-refractivity contribution >= 4 is 27.9 Å². The van der Waals surface area contributed by atoms with Gasteiger partial charge in [-0.25, -0.2) is 4.79 Å². The molecule has 1 aromatic rings. The Morgan fingerprint density at radius 3 is 3.00 bits per heavy atom. The highest BCUT2D eigenvalue weighted by Gasteiger charge is 2.53. The van der Waals surface area contributed by atoms with Crippen molar-refractivity contribution < 1.29 is 9.59 Å². The van der Waals surface area contributed by atoms with Crippen LogP contribution < -0.4 is 5.32 Å². The second-order valence-electron chi connectivity index (χ2n) is 6.09. The molecule has 21 heavy (non-hydrogen) atoms. The van der Waals surface area contributed by atoms with E-state index in [1.165, 1.54) is 0 Å². The van der Waals surface area contributed by atoms with Crippen molar-refractivity contribution in [3.63, 3.8) is 0 Å². The smallest absolute Gasteiger partial charge is 0.305 e. The molecule has 6 heteroatoms. The van der Waals surface area contributed by atoms with Crippen molar-refractivity contribution in [3.8, 4) is 0 Å². The Kier molecular flexibility index (Phi) is 3.73. The highest BCUT2D eigenvalue weighted by atomic mass is 79.9. The molecule has 1 N–H and O–H groups in total. The molecule has 2 atom stereocenters. The van der Waals surface area contributed by atoms with Crippen molar-refractivity contribution in [1.29, 1.82) is 0 Å². The molecule has 3 rings (SSSR count). The van der Waals surface area contributed by atoms with Gasteiger partial charge in [-0.15, -0.1) is 0 Å². The van der Waals surface area contributed by atoms with E-state index in [2.05, 4.69) is 33.2 Å². The molecule has 0 bridgehead atoms. The van der Waals surface area contributed by atoms with Crippen LogP contribution in [-0.4, -0.2) is 27.4 Å². The van der Waals surface area contributed by atoms with E-state index in [0.29, 0.717) is 12.5 Å². The summed E-state index contributed by atoms with van der Waals surface area (Å²) in [6.07, 6.45) is 7.03. The topological polar surface area (TPSA) is 62.3 Å². The van der Waals surface area contributed by atoms with Crippen LogP contribution >= 0.6 is 15.9 Å². The number of hydrogen-bond acceptors (Lipinski definition) is 3. The lowest BCUT2D eigenvalue weighted by Crippen LogP contribution is -2.52. The van der Waals surface area contributed by atoms with Gasteiger partial charge in [-0.2, -0.15) is 0 Å². The lowest BCUT2D eigenvalue weighted by molar-refractivity contribution is -0.129. The normalized spacial score (nSPS) is 29.0. The maximum Gasteiger partial charge on any atom is 0.325 e. The maximum atomic E-state index is 12.4. The van der Waals surface area contributed by atoms with Gasteiger partial charge in [-0.1, -0.05) is 19.8 Å². The molecule has 1 aromatic heterocycles. The highest BCUT2D eigenvalue weighted by molar-refractivity contribution is 9.10. The minimum absolute atomic E-state index is 0.137. The number of hydrogen-bond donors (Lipinski definition) is 1. The predicted molar refractivity (Wildman–Crippen MR) is 81.4 cm³/mol. The number of urea groups is 1. The fraction of sp³-hybridized carbons (Fsp3) is 0.533. The summed E-state index contributed by atoms with van der Waals surface area (Å²) in [5, 5.41) is 2.50. The Labute approximate surface area is 132 Å². The summed E-state index contributed by atoms with van der Waals surface area (Å²) in [5.41, 5.74) is 0.253. The van der Waals surface area contributed by atoms with Crippen LogP contribution in [0.25, 0.3) is 0 Å². The number of carbonyl (C=O) groups is 2. The Morgan fingerprint density at radius 2 is 2.29 bits per heavy atom. The van der Waals surface area contributed by atoms with E-state index in [-0.39, 0.29) is 11.9 Å². The number of imide groups is 1. The number of nitrogens with zero attached hydrogens (tertiary/aromatic N) is 2. The molecule has 1 aliphatic heterocycles. The molecule has 2 heterocycles. The number of rotatable bonds is 2. The van der Waals surface area contributed by atoms with Gasteiger partial charge < -0.3 is 4.90 Å². The Morgan fingerprint density at radius 1 is 1.48 bits per heavy atom. The first-order valence-corrected chi connectivity index (χ1v) is 8.03. The van der Waals surface area contributed by atoms with Crippen molar-refractivity contribution in [2.24, 2.45) is 5.92 Å². The minimum Gasteiger partial charge on any atom is -0.305 e. The van der Waals surface area contributed by atoms with Crippen molar-refractivity contribution in [2.45, 2.75) is 44.7 Å². The molecule has 2 fully saturated rings. The number of pyridine rings is 1. The van der Waals surface area contributed by atoms with E-state index in [1.54, 1.807) is 17.3 Å². The van der Waals surface area contributed by atoms with Crippen molar-refractivity contribution in [2.75, 3.05) is 0 Å². The second kappa shape index (κ2) is 5.40. The molecule has 1 aliphatic carbocycles. The highest BCUT2D eigenvalue weighted by Crippen LogP contribution is 2.40. The van der Waals surface area contributed by atoms with Crippen LogP contribution in [0.1, 0.15) is 38.2 Å². The predicted octanol–water partition coefficient (Wildman–Crippen LogP) is 2.84. The van der Waals surface area contributed by atoms with Gasteiger partial charge >= 0.3 is 6.03 Å². The van der Waals surface area contributed by atoms with Gasteiger partial charge in [0.05, 0.1) is 6.54 Å². The van der Waals surface area contributed by atoms with Gasteiger partial charge in [0.2, 0.25) is 0 Å². The van der Waals surface area contributed by atoms with Crippen LogP contribution in [0.4, 0.5) is 4.79 Å². The summed E-state index contributed by atoms with van der Waals surface area (Å²) < 4.78 is 0.872. The van der Waals surface area contributed by atoms with Crippen molar-refractivity contribution in [1.82, 2.24) is 15.2 Å². The maximum absolute atomic E-state index is 12.4. The molecule has 112 valence electrons. The van der Waals surface area contributed by atoms with Crippen molar-refractivity contribution in [3.05, 3.63) is 28.5 Å². The quantitative estimate of drug-likeness (QED) is 0.833. The van der Waals surface area contributed by atoms with E-state index < -0.39 is 5.54 Å². The van der Waals surface area contributed by atoms with Gasteiger partial charge in [-0.3, -0.25) is 15.1 Å². The first-order chi connectivity index (χ1) is 10.0. The Hall–Kier alpha value is -1.43. The fourth-order valence-corrected chi connectivity index (χ4v) is 3.93. The molecular weight excluding hydrogens is 334 g/mol. The molecular formula is C15H18BrN3O2. The van der Waals surface area contributed by atoms with Gasteiger partial charge in [0.15, 0.2) is 0 Å². The number of halogens is 1. The molecule has 0 radical (unpaired) electrons. The summed E-state index contributed by atoms with van der Waals surface area (Å²) in [4.78, 5) is 30.4. The number of aromatic nitrogens is 1. The van der Waals surface area contributed by atoms with Gasteiger partial charge in [-0.05, 0) is 46.3 Å². The molecule has 2 unspecified atom stereocenters. The number of carbonyl (C=O) groups excluding carboxylic acids is 2. The first-order valence-electron chi connectivity index (χ1n) is 7.24. The average Bonchev–Trinajstić information content (AvgIpc) is 2.63. The third-order valence-corrected chi connectivity index (χ3v) is 4.91. The number of amides is 3. The van der Waals surface area contributed by atoms with Gasteiger partial charge in [0.1, 0.15) is 5.54 Å². The third-order valence-electron chi connectivity index (χ3n) is 4.48. The SMILES string of the molecule is CC1CCCC2(C1)C(=O)NC(=O)N2Cc1cncc(Br)c1. The summed E-state index contributed by atoms with van der Waals surface area (Å²) in [6, 6.07) is 1.65. The largest absolute Gasteiger partial charge is 0.325 e. The molecule has 5 nitrogen and oxygen atoms in total. The average molecular weight is 352 g/mol. The van der Waals surface area contributed by atoms with Gasteiger partial charge in [0, 0.05) is 16.9 Å². The first kappa shape index (κ1) is 14.5. The molecule has 1 spiro atoms. The van der Waals surface area contributed by atoms with Gasteiger partial charge in [0.25, 0.3) is 5.91 Å². The van der Waals surface area contributed by atoms with E-state index in [9.17, 15) is 9.59 Å². The lowest BCUT2D eigenvalue weighted by atomic mass is 9.75. The van der Waals surface area contributed by atoms with Crippen LogP contribution in [0.15, 0.2) is 22.9 Å². The van der Waals surface area contributed by atoms with E-state index in [1.807, 2.05) is 6.07 Å².